The van der Waals surface area contributed by atoms with Gasteiger partial charge in [0.05, 0.1) is 0 Å². The monoisotopic (exact) mass is 404 g/mol. The molecule has 3 rings (SSSR count). The summed E-state index contributed by atoms with van der Waals surface area (Å²) < 4.78 is 0. The molecule has 1 saturated heterocycles. The number of halogens is 1. The van der Waals surface area contributed by atoms with E-state index < -0.39 is 0 Å². The van der Waals surface area contributed by atoms with Gasteiger partial charge in [0.1, 0.15) is 0 Å². The zero-order valence-corrected chi connectivity index (χ0v) is 18.3. The first kappa shape index (κ1) is 21.2. The quantitative estimate of drug-likeness (QED) is 0.731. The van der Waals surface area contributed by atoms with Crippen LogP contribution in [-0.2, 0) is 4.79 Å². The maximum absolute atomic E-state index is 12.9. The number of likely N-dealkylation sites (tertiary alicyclic amines) is 1. The summed E-state index contributed by atoms with van der Waals surface area (Å²) in [6.45, 7) is 10.6. The molecule has 4 nitrogen and oxygen atoms in total. The van der Waals surface area contributed by atoms with E-state index in [1.54, 1.807) is 24.3 Å². The van der Waals surface area contributed by atoms with E-state index >= 15 is 0 Å². The van der Waals surface area contributed by atoms with Crippen molar-refractivity contribution in [2.24, 2.45) is 16.7 Å². The van der Waals surface area contributed by atoms with Gasteiger partial charge in [-0.25, -0.2) is 0 Å². The minimum atomic E-state index is -0.0988. The van der Waals surface area contributed by atoms with Crippen molar-refractivity contribution in [2.75, 3.05) is 13.1 Å². The van der Waals surface area contributed by atoms with Crippen LogP contribution >= 0.6 is 11.6 Å². The number of carbonyl (C=O) groups is 2. The summed E-state index contributed by atoms with van der Waals surface area (Å²) in [6, 6.07) is 7.28. The van der Waals surface area contributed by atoms with Crippen LogP contribution in [0.3, 0.4) is 0 Å². The zero-order chi connectivity index (χ0) is 20.5. The predicted octanol–water partition coefficient (Wildman–Crippen LogP) is 4.91. The average molecular weight is 405 g/mol. The Labute approximate surface area is 174 Å². The number of nitrogens with one attached hydrogen (secondary N) is 1. The van der Waals surface area contributed by atoms with Crippen LogP contribution in [0.15, 0.2) is 24.3 Å². The third-order valence-electron chi connectivity index (χ3n) is 6.30. The minimum absolute atomic E-state index is 0.0988. The van der Waals surface area contributed by atoms with Gasteiger partial charge in [-0.2, -0.15) is 0 Å². The van der Waals surface area contributed by atoms with Crippen molar-refractivity contribution >= 4 is 23.4 Å². The van der Waals surface area contributed by atoms with Crippen LogP contribution < -0.4 is 5.32 Å². The molecule has 1 heterocycles. The molecule has 1 aliphatic heterocycles. The van der Waals surface area contributed by atoms with Crippen molar-refractivity contribution in [2.45, 2.75) is 65.8 Å². The third-order valence-corrected chi connectivity index (χ3v) is 6.56. The van der Waals surface area contributed by atoms with Gasteiger partial charge in [0.15, 0.2) is 0 Å². The first-order valence-electron chi connectivity index (χ1n) is 10.4. The predicted molar refractivity (Wildman–Crippen MR) is 113 cm³/mol. The zero-order valence-electron chi connectivity index (χ0n) is 17.6. The van der Waals surface area contributed by atoms with Gasteiger partial charge >= 0.3 is 0 Å². The number of amides is 2. The summed E-state index contributed by atoms with van der Waals surface area (Å²) in [6.07, 6.45) is 4.82. The smallest absolute Gasteiger partial charge is 0.251 e. The van der Waals surface area contributed by atoms with Crippen LogP contribution in [0.4, 0.5) is 0 Å². The second-order valence-electron chi connectivity index (χ2n) is 10.1. The molecule has 1 aromatic carbocycles. The Morgan fingerprint density at radius 2 is 1.89 bits per heavy atom. The van der Waals surface area contributed by atoms with Crippen LogP contribution in [0.25, 0.3) is 0 Å². The Morgan fingerprint density at radius 3 is 2.57 bits per heavy atom. The van der Waals surface area contributed by atoms with Gasteiger partial charge in [0.2, 0.25) is 5.91 Å². The molecule has 2 aliphatic rings. The van der Waals surface area contributed by atoms with E-state index in [-0.39, 0.29) is 23.1 Å². The van der Waals surface area contributed by atoms with Crippen LogP contribution in [0, 0.1) is 16.7 Å². The lowest BCUT2D eigenvalue weighted by molar-refractivity contribution is -0.132. The number of fused-ring (bicyclic) bond motifs is 2. The van der Waals surface area contributed by atoms with E-state index in [1.165, 1.54) is 6.42 Å². The van der Waals surface area contributed by atoms with E-state index in [9.17, 15) is 9.59 Å². The molecule has 1 N–H and O–H groups in total. The first-order valence-corrected chi connectivity index (χ1v) is 10.8. The number of hydrogen-bond acceptors (Lipinski definition) is 2. The summed E-state index contributed by atoms with van der Waals surface area (Å²) in [5, 5.41) is 3.58. The minimum Gasteiger partial charge on any atom is -0.352 e. The molecule has 0 radical (unpaired) electrons. The van der Waals surface area contributed by atoms with Crippen molar-refractivity contribution in [1.29, 1.82) is 0 Å². The molecule has 2 bridgehead atoms. The molecule has 3 unspecified atom stereocenters. The number of rotatable bonds is 6. The van der Waals surface area contributed by atoms with Crippen molar-refractivity contribution in [3.05, 3.63) is 34.9 Å². The Bertz CT molecular complexity index is 731. The molecule has 3 atom stereocenters. The summed E-state index contributed by atoms with van der Waals surface area (Å²) in [5.74, 6) is 0.440. The molecule has 0 spiro atoms. The Hall–Kier alpha value is -1.55. The van der Waals surface area contributed by atoms with E-state index in [0.29, 0.717) is 35.0 Å². The van der Waals surface area contributed by atoms with Gasteiger partial charge in [0.25, 0.3) is 5.91 Å². The van der Waals surface area contributed by atoms with E-state index in [4.69, 9.17) is 11.6 Å². The van der Waals surface area contributed by atoms with Gasteiger partial charge < -0.3 is 10.2 Å². The van der Waals surface area contributed by atoms with Crippen molar-refractivity contribution in [3.8, 4) is 0 Å². The fraction of sp³-hybridized carbons (Fsp3) is 0.652. The molecule has 154 valence electrons. The van der Waals surface area contributed by atoms with Gasteiger partial charge in [-0.05, 0) is 66.7 Å². The highest BCUT2D eigenvalue weighted by molar-refractivity contribution is 6.30. The lowest BCUT2D eigenvalue weighted by Crippen LogP contribution is -2.38. The Morgan fingerprint density at radius 1 is 1.21 bits per heavy atom. The fourth-order valence-corrected chi connectivity index (χ4v) is 5.46. The fourth-order valence-electron chi connectivity index (χ4n) is 5.34. The van der Waals surface area contributed by atoms with Crippen LogP contribution in [-0.4, -0.2) is 35.8 Å². The topological polar surface area (TPSA) is 49.4 Å². The van der Waals surface area contributed by atoms with Crippen molar-refractivity contribution < 1.29 is 9.59 Å². The lowest BCUT2D eigenvalue weighted by Gasteiger charge is -2.39. The van der Waals surface area contributed by atoms with Gasteiger partial charge in [-0.1, -0.05) is 39.3 Å². The third kappa shape index (κ3) is 5.08. The average Bonchev–Trinajstić information content (AvgIpc) is 2.87. The highest BCUT2D eigenvalue weighted by Gasteiger charge is 2.50. The van der Waals surface area contributed by atoms with E-state index in [0.717, 1.165) is 25.8 Å². The van der Waals surface area contributed by atoms with Crippen LogP contribution in [0.5, 0.6) is 0 Å². The molecule has 5 heteroatoms. The largest absolute Gasteiger partial charge is 0.352 e. The van der Waals surface area contributed by atoms with E-state index in [1.807, 2.05) is 0 Å². The molecular formula is C23H33ClN2O2. The lowest BCUT2D eigenvalue weighted by atomic mass is 9.65. The standard InChI is InChI=1S/C23H33ClN2O2/c1-16(13-25-21(28)17-6-8-18(24)9-7-17)5-10-20(27)26-15-23(4)12-19(26)11-22(2,3)14-23/h6-9,16,19H,5,10-15H2,1-4H3,(H,25,28). The molecule has 1 aromatic rings. The summed E-state index contributed by atoms with van der Waals surface area (Å²) >= 11 is 5.86. The second kappa shape index (κ2) is 8.06. The number of benzene rings is 1. The van der Waals surface area contributed by atoms with Gasteiger partial charge in [-0.15, -0.1) is 0 Å². The Balaban J connectivity index is 1.44. The van der Waals surface area contributed by atoms with Crippen LogP contribution in [0.1, 0.15) is 70.2 Å². The summed E-state index contributed by atoms with van der Waals surface area (Å²) in [7, 11) is 0. The number of carbonyl (C=O) groups excluding carboxylic acids is 2. The maximum Gasteiger partial charge on any atom is 0.251 e. The molecule has 2 fully saturated rings. The molecule has 0 aromatic heterocycles. The highest BCUT2D eigenvalue weighted by atomic mass is 35.5. The van der Waals surface area contributed by atoms with Crippen molar-refractivity contribution in [1.82, 2.24) is 10.2 Å². The van der Waals surface area contributed by atoms with E-state index in [2.05, 4.69) is 37.9 Å². The molecular weight excluding hydrogens is 372 g/mol. The highest BCUT2D eigenvalue weighted by Crippen LogP contribution is 2.52. The molecule has 1 saturated carbocycles. The Kier molecular flexibility index (Phi) is 6.09. The summed E-state index contributed by atoms with van der Waals surface area (Å²) in [4.78, 5) is 27.2. The van der Waals surface area contributed by atoms with Crippen LogP contribution in [0.2, 0.25) is 5.02 Å². The molecule has 1 aliphatic carbocycles. The maximum atomic E-state index is 12.9. The van der Waals surface area contributed by atoms with Crippen molar-refractivity contribution in [3.63, 3.8) is 0 Å². The molecule has 2 amide bonds. The molecule has 28 heavy (non-hydrogen) atoms. The van der Waals surface area contributed by atoms with Gasteiger partial charge in [-0.3, -0.25) is 9.59 Å². The summed E-state index contributed by atoms with van der Waals surface area (Å²) in [5.41, 5.74) is 1.21. The van der Waals surface area contributed by atoms with Gasteiger partial charge in [0, 0.05) is 36.1 Å². The first-order chi connectivity index (χ1) is 13.1. The normalized spacial score (nSPS) is 26.8. The SMILES string of the molecule is CC(CCC(=O)N1CC2(C)CC1CC(C)(C)C2)CNC(=O)c1ccc(Cl)cc1. The second-order valence-corrected chi connectivity index (χ2v) is 10.5. The number of nitrogens with zero attached hydrogens (tertiary/aromatic N) is 1. The number of hydrogen-bond donors (Lipinski definition) is 1.